The van der Waals surface area contributed by atoms with Crippen molar-refractivity contribution in [2.24, 2.45) is 0 Å². The van der Waals surface area contributed by atoms with Crippen molar-refractivity contribution in [2.75, 3.05) is 13.2 Å². The molecule has 0 saturated heterocycles. The molecule has 0 aromatic rings. The average Bonchev–Trinajstić information content (AvgIpc) is 3.49. The van der Waals surface area contributed by atoms with Crippen LogP contribution in [0.3, 0.4) is 0 Å². The number of allylic oxidation sites excluding steroid dienone is 20. The van der Waals surface area contributed by atoms with Gasteiger partial charge in [-0.25, -0.2) is 0 Å². The summed E-state index contributed by atoms with van der Waals surface area (Å²) in [6.07, 6.45) is 98.2. The third-order valence-electron chi connectivity index (χ3n) is 14.9. The third kappa shape index (κ3) is 68.5. The smallest absolute Gasteiger partial charge is 0.306 e. The van der Waals surface area contributed by atoms with Gasteiger partial charge in [0.2, 0.25) is 0 Å². The quantitative estimate of drug-likeness (QED) is 0.0261. The van der Waals surface area contributed by atoms with E-state index in [1.165, 1.54) is 161 Å². The van der Waals surface area contributed by atoms with Gasteiger partial charge in [-0.05, 0) is 128 Å². The van der Waals surface area contributed by atoms with Gasteiger partial charge in [-0.3, -0.25) is 14.4 Å². The van der Waals surface area contributed by atoms with Crippen LogP contribution >= 0.6 is 0 Å². The SMILES string of the molecule is CC/C=C\C/C=C\C/C=C\C/C=C\CCCCCCC(=O)OC(COC(=O)CCCC/C=C\C/C=C\C/C=C\C/C=C\CC)COC(=O)CCCCCCCCCCCCCCCCCCCCCCC/C=C\C/C=C\CCCCCCC. The van der Waals surface area contributed by atoms with Crippen molar-refractivity contribution in [3.63, 3.8) is 0 Å². The Morgan fingerprint density at radius 3 is 0.759 bits per heavy atom. The number of carbonyl (C=O) groups is 3. The maximum Gasteiger partial charge on any atom is 0.306 e. The zero-order valence-electron chi connectivity index (χ0n) is 54.4. The summed E-state index contributed by atoms with van der Waals surface area (Å²) in [6.45, 7) is 6.37. The molecule has 0 radical (unpaired) electrons. The van der Waals surface area contributed by atoms with Crippen LogP contribution in [0, 0.1) is 0 Å². The lowest BCUT2D eigenvalue weighted by molar-refractivity contribution is -0.167. The van der Waals surface area contributed by atoms with Gasteiger partial charge in [0.25, 0.3) is 0 Å². The Bertz CT molecular complexity index is 1700. The molecular weight excluding hydrogens is 1020 g/mol. The maximum atomic E-state index is 12.9. The Balaban J connectivity index is 4.23. The van der Waals surface area contributed by atoms with Crippen molar-refractivity contribution in [3.8, 4) is 0 Å². The normalized spacial score (nSPS) is 12.9. The molecule has 83 heavy (non-hydrogen) atoms. The Labute approximate surface area is 513 Å². The van der Waals surface area contributed by atoms with Gasteiger partial charge >= 0.3 is 17.9 Å². The van der Waals surface area contributed by atoms with E-state index in [-0.39, 0.29) is 37.5 Å². The summed E-state index contributed by atoms with van der Waals surface area (Å²) in [7, 11) is 0. The van der Waals surface area contributed by atoms with Crippen LogP contribution in [0.4, 0.5) is 0 Å². The van der Waals surface area contributed by atoms with Gasteiger partial charge in [-0.15, -0.1) is 0 Å². The van der Waals surface area contributed by atoms with Crippen molar-refractivity contribution in [1.82, 2.24) is 0 Å². The van der Waals surface area contributed by atoms with Crippen LogP contribution < -0.4 is 0 Å². The lowest BCUT2D eigenvalue weighted by atomic mass is 10.0. The predicted octanol–water partition coefficient (Wildman–Crippen LogP) is 24.3. The topological polar surface area (TPSA) is 78.9 Å². The Hall–Kier alpha value is -4.19. The highest BCUT2D eigenvalue weighted by atomic mass is 16.6. The first-order valence-electron chi connectivity index (χ1n) is 35.0. The molecule has 0 aromatic heterocycles. The molecule has 6 nitrogen and oxygen atoms in total. The third-order valence-corrected chi connectivity index (χ3v) is 14.9. The molecule has 0 spiro atoms. The molecule has 0 aliphatic heterocycles. The van der Waals surface area contributed by atoms with E-state index >= 15 is 0 Å². The molecule has 0 rings (SSSR count). The first kappa shape index (κ1) is 78.8. The van der Waals surface area contributed by atoms with E-state index in [1.54, 1.807) is 0 Å². The second-order valence-corrected chi connectivity index (χ2v) is 23.0. The molecule has 1 unspecified atom stereocenters. The van der Waals surface area contributed by atoms with Crippen LogP contribution in [0.2, 0.25) is 0 Å². The minimum absolute atomic E-state index is 0.101. The fourth-order valence-corrected chi connectivity index (χ4v) is 9.75. The molecule has 0 bridgehead atoms. The molecular formula is C77H130O6. The van der Waals surface area contributed by atoms with Crippen LogP contribution in [0.25, 0.3) is 0 Å². The van der Waals surface area contributed by atoms with E-state index in [0.717, 1.165) is 128 Å². The summed E-state index contributed by atoms with van der Waals surface area (Å²) >= 11 is 0. The van der Waals surface area contributed by atoms with Gasteiger partial charge in [-0.1, -0.05) is 303 Å². The van der Waals surface area contributed by atoms with Gasteiger partial charge in [0.15, 0.2) is 6.10 Å². The molecule has 0 aliphatic rings. The summed E-state index contributed by atoms with van der Waals surface area (Å²) in [4.78, 5) is 38.4. The van der Waals surface area contributed by atoms with E-state index in [0.29, 0.717) is 12.8 Å². The second-order valence-electron chi connectivity index (χ2n) is 23.0. The van der Waals surface area contributed by atoms with Crippen molar-refractivity contribution in [1.29, 1.82) is 0 Å². The maximum absolute atomic E-state index is 12.9. The Kier molecular flexibility index (Phi) is 66.7. The van der Waals surface area contributed by atoms with Crippen molar-refractivity contribution < 1.29 is 28.6 Å². The van der Waals surface area contributed by atoms with E-state index in [9.17, 15) is 14.4 Å². The minimum atomic E-state index is -0.811. The first-order chi connectivity index (χ1) is 41.0. The molecule has 0 amide bonds. The summed E-state index contributed by atoms with van der Waals surface area (Å²) < 4.78 is 16.9. The highest BCUT2D eigenvalue weighted by molar-refractivity contribution is 5.71. The number of ether oxygens (including phenoxy) is 3. The monoisotopic (exact) mass is 1150 g/mol. The lowest BCUT2D eigenvalue weighted by Crippen LogP contribution is -2.30. The van der Waals surface area contributed by atoms with Crippen molar-refractivity contribution >= 4 is 17.9 Å². The summed E-state index contributed by atoms with van der Waals surface area (Å²) in [6, 6.07) is 0. The molecule has 0 aliphatic carbocycles. The number of rotatable bonds is 63. The fraction of sp³-hybridized carbons (Fsp3) is 0.701. The second kappa shape index (κ2) is 70.3. The molecule has 0 aromatic carbocycles. The van der Waals surface area contributed by atoms with E-state index in [4.69, 9.17) is 14.2 Å². The highest BCUT2D eigenvalue weighted by Crippen LogP contribution is 2.17. The summed E-state index contributed by atoms with van der Waals surface area (Å²) in [5.41, 5.74) is 0. The molecule has 6 heteroatoms. The molecule has 0 saturated carbocycles. The van der Waals surface area contributed by atoms with E-state index in [1.807, 2.05) is 0 Å². The average molecular weight is 1150 g/mol. The van der Waals surface area contributed by atoms with Gasteiger partial charge in [0.05, 0.1) is 0 Å². The van der Waals surface area contributed by atoms with Crippen LogP contribution in [-0.2, 0) is 28.6 Å². The number of esters is 3. The number of unbranched alkanes of at least 4 members (excludes halogenated alkanes) is 32. The number of hydrogen-bond donors (Lipinski definition) is 0. The molecule has 0 fully saturated rings. The summed E-state index contributed by atoms with van der Waals surface area (Å²) in [5.74, 6) is -0.960. The zero-order valence-corrected chi connectivity index (χ0v) is 54.4. The van der Waals surface area contributed by atoms with E-state index < -0.39 is 6.10 Å². The van der Waals surface area contributed by atoms with Crippen LogP contribution in [0.1, 0.15) is 329 Å². The molecule has 0 N–H and O–H groups in total. The lowest BCUT2D eigenvalue weighted by Gasteiger charge is -2.18. The highest BCUT2D eigenvalue weighted by Gasteiger charge is 2.19. The molecule has 0 heterocycles. The fourth-order valence-electron chi connectivity index (χ4n) is 9.75. The van der Waals surface area contributed by atoms with Gasteiger partial charge in [0, 0.05) is 19.3 Å². The minimum Gasteiger partial charge on any atom is -0.462 e. The van der Waals surface area contributed by atoms with Gasteiger partial charge in [-0.2, -0.15) is 0 Å². The van der Waals surface area contributed by atoms with Crippen molar-refractivity contribution in [3.05, 3.63) is 122 Å². The van der Waals surface area contributed by atoms with Crippen LogP contribution in [-0.4, -0.2) is 37.2 Å². The van der Waals surface area contributed by atoms with Crippen LogP contribution in [0.15, 0.2) is 122 Å². The van der Waals surface area contributed by atoms with Gasteiger partial charge in [0.1, 0.15) is 13.2 Å². The molecule has 1 atom stereocenters. The van der Waals surface area contributed by atoms with Gasteiger partial charge < -0.3 is 14.2 Å². The largest absolute Gasteiger partial charge is 0.462 e. The van der Waals surface area contributed by atoms with Crippen LogP contribution in [0.5, 0.6) is 0 Å². The standard InChI is InChI=1S/C77H130O6/c1-4-7-10-13-16-19-22-25-28-30-31-32-33-34-35-36-37-38-39-40-41-42-43-44-45-47-49-52-55-58-61-64-67-70-76(79)82-73-74(72-81-75(78)69-66-63-60-57-54-51-48-27-24-21-18-15-12-9-6-3)83-77(80)71-68-65-62-59-56-53-50-46-29-26-23-20-17-14-11-8-5-2/h8-9,11-12,17-18,20-22,25-27,29-31,48,50,53-54,57,74H,4-7,10,13-16,19,23-24,28,32-47,49,51-52,55-56,58-73H2,1-3H3/b11-8-,12-9-,20-17-,21-18-,25-22-,29-26-,31-30-,48-27-,53-50-,57-54-. The first-order valence-corrected chi connectivity index (χ1v) is 35.0. The summed E-state index contributed by atoms with van der Waals surface area (Å²) in [5, 5.41) is 0. The number of hydrogen-bond acceptors (Lipinski definition) is 6. The predicted molar refractivity (Wildman–Crippen MR) is 362 cm³/mol. The molecule has 474 valence electrons. The van der Waals surface area contributed by atoms with Crippen molar-refractivity contribution in [2.45, 2.75) is 335 Å². The zero-order chi connectivity index (χ0) is 59.9. The van der Waals surface area contributed by atoms with E-state index in [2.05, 4.69) is 142 Å². The Morgan fingerprint density at radius 2 is 0.470 bits per heavy atom. The number of carbonyl (C=O) groups excluding carboxylic acids is 3. The Morgan fingerprint density at radius 1 is 0.253 bits per heavy atom.